The molecule has 1 aliphatic rings. The number of hydrogen-bond acceptors (Lipinski definition) is 5. The molecule has 2 aromatic rings. The maximum Gasteiger partial charge on any atom is 0.257 e. The van der Waals surface area contributed by atoms with Gasteiger partial charge >= 0.3 is 0 Å². The second-order valence-electron chi connectivity index (χ2n) is 6.23. The normalized spacial score (nSPS) is 15.0. The topological polar surface area (TPSA) is 105 Å². The number of nitrogens with one attached hydrogen (secondary N) is 2. The molecule has 0 spiro atoms. The van der Waals surface area contributed by atoms with Gasteiger partial charge in [0.05, 0.1) is 23.7 Å². The van der Waals surface area contributed by atoms with Gasteiger partial charge in [-0.2, -0.15) is 4.31 Å². The Morgan fingerprint density at radius 2 is 1.61 bits per heavy atom. The predicted molar refractivity (Wildman–Crippen MR) is 105 cm³/mol. The highest BCUT2D eigenvalue weighted by molar-refractivity contribution is 7.89. The zero-order valence-corrected chi connectivity index (χ0v) is 16.2. The van der Waals surface area contributed by atoms with Crippen LogP contribution in [0.3, 0.4) is 0 Å². The number of carbonyl (C=O) groups excluding carboxylic acids is 2. The molecule has 2 aromatic carbocycles. The van der Waals surface area contributed by atoms with Gasteiger partial charge in [-0.05, 0) is 30.3 Å². The lowest BCUT2D eigenvalue weighted by Crippen LogP contribution is -2.41. The summed E-state index contributed by atoms with van der Waals surface area (Å²) in [6.45, 7) is 2.53. The maximum absolute atomic E-state index is 13.0. The molecule has 2 amide bonds. The van der Waals surface area contributed by atoms with E-state index >= 15 is 0 Å². The molecule has 2 N–H and O–H groups in total. The van der Waals surface area contributed by atoms with Crippen LogP contribution in [0.2, 0.25) is 0 Å². The molecular formula is C19H21N3O5S. The molecule has 28 heavy (non-hydrogen) atoms. The standard InChI is InChI=1S/C19H21N3O5S/c1-14(23)20-15-5-4-6-16(13-15)21-19(24)17-7-2-3-8-18(17)28(25,26)22-9-11-27-12-10-22/h2-8,13H,9-12H2,1H3,(H,20,23)(H,21,24). The Morgan fingerprint density at radius 1 is 0.964 bits per heavy atom. The summed E-state index contributed by atoms with van der Waals surface area (Å²) in [6, 6.07) is 12.7. The van der Waals surface area contributed by atoms with Gasteiger partial charge in [0.2, 0.25) is 15.9 Å². The Labute approximate surface area is 163 Å². The first kappa shape index (κ1) is 20.0. The Balaban J connectivity index is 1.86. The zero-order chi connectivity index (χ0) is 20.1. The van der Waals surface area contributed by atoms with Crippen LogP contribution in [0.5, 0.6) is 0 Å². The highest BCUT2D eigenvalue weighted by atomic mass is 32.2. The van der Waals surface area contributed by atoms with Gasteiger partial charge in [0, 0.05) is 31.4 Å². The van der Waals surface area contributed by atoms with Crippen molar-refractivity contribution in [3.8, 4) is 0 Å². The van der Waals surface area contributed by atoms with Gasteiger partial charge < -0.3 is 15.4 Å². The number of carbonyl (C=O) groups is 2. The van der Waals surface area contributed by atoms with E-state index < -0.39 is 15.9 Å². The average molecular weight is 403 g/mol. The molecule has 0 unspecified atom stereocenters. The summed E-state index contributed by atoms with van der Waals surface area (Å²) < 4.78 is 32.5. The highest BCUT2D eigenvalue weighted by Crippen LogP contribution is 2.23. The fourth-order valence-electron chi connectivity index (χ4n) is 2.88. The molecule has 0 saturated carbocycles. The molecule has 1 aliphatic heterocycles. The molecule has 0 atom stereocenters. The lowest BCUT2D eigenvalue weighted by Gasteiger charge is -2.26. The van der Waals surface area contributed by atoms with Crippen molar-refractivity contribution in [2.75, 3.05) is 36.9 Å². The van der Waals surface area contributed by atoms with E-state index in [-0.39, 0.29) is 29.5 Å². The average Bonchev–Trinajstić information content (AvgIpc) is 2.68. The van der Waals surface area contributed by atoms with Crippen LogP contribution in [0.1, 0.15) is 17.3 Å². The van der Waals surface area contributed by atoms with Crippen molar-refractivity contribution in [2.45, 2.75) is 11.8 Å². The molecule has 1 heterocycles. The number of hydrogen-bond donors (Lipinski definition) is 2. The van der Waals surface area contributed by atoms with Gasteiger partial charge in [-0.15, -0.1) is 0 Å². The van der Waals surface area contributed by atoms with Gasteiger partial charge in [-0.3, -0.25) is 9.59 Å². The van der Waals surface area contributed by atoms with Crippen LogP contribution in [0.4, 0.5) is 11.4 Å². The minimum Gasteiger partial charge on any atom is -0.379 e. The van der Waals surface area contributed by atoms with Crippen LogP contribution < -0.4 is 10.6 Å². The molecule has 0 radical (unpaired) electrons. The first-order chi connectivity index (χ1) is 13.4. The monoisotopic (exact) mass is 403 g/mol. The zero-order valence-electron chi connectivity index (χ0n) is 15.3. The predicted octanol–water partition coefficient (Wildman–Crippen LogP) is 1.92. The molecule has 0 aliphatic carbocycles. The van der Waals surface area contributed by atoms with Crippen molar-refractivity contribution in [1.82, 2.24) is 4.31 Å². The number of rotatable bonds is 5. The molecule has 1 fully saturated rings. The minimum absolute atomic E-state index is 0.0487. The number of nitrogens with zero attached hydrogens (tertiary/aromatic N) is 1. The summed E-state index contributed by atoms with van der Waals surface area (Å²) in [5, 5.41) is 5.32. The van der Waals surface area contributed by atoms with Crippen LogP contribution in [0.25, 0.3) is 0 Å². The second kappa shape index (κ2) is 8.51. The molecule has 0 bridgehead atoms. The fourth-order valence-corrected chi connectivity index (χ4v) is 4.48. The lowest BCUT2D eigenvalue weighted by molar-refractivity contribution is -0.114. The summed E-state index contributed by atoms with van der Waals surface area (Å²) in [7, 11) is -3.82. The summed E-state index contributed by atoms with van der Waals surface area (Å²) >= 11 is 0. The van der Waals surface area contributed by atoms with Gasteiger partial charge in [-0.1, -0.05) is 18.2 Å². The third-order valence-corrected chi connectivity index (χ3v) is 6.12. The van der Waals surface area contributed by atoms with Crippen molar-refractivity contribution < 1.29 is 22.7 Å². The Hall–Kier alpha value is -2.75. The Kier molecular flexibility index (Phi) is 6.08. The molecule has 3 rings (SSSR count). The summed E-state index contributed by atoms with van der Waals surface area (Å²) in [6.07, 6.45) is 0. The number of morpholine rings is 1. The molecule has 0 aromatic heterocycles. The number of benzene rings is 2. The van der Waals surface area contributed by atoms with Gasteiger partial charge in [-0.25, -0.2) is 8.42 Å². The lowest BCUT2D eigenvalue weighted by atomic mass is 10.2. The summed E-state index contributed by atoms with van der Waals surface area (Å²) in [5.74, 6) is -0.780. The smallest absolute Gasteiger partial charge is 0.257 e. The largest absolute Gasteiger partial charge is 0.379 e. The quantitative estimate of drug-likeness (QED) is 0.794. The second-order valence-corrected chi connectivity index (χ2v) is 8.14. The Morgan fingerprint density at radius 3 is 2.29 bits per heavy atom. The fraction of sp³-hybridized carbons (Fsp3) is 0.263. The van der Waals surface area contributed by atoms with Crippen molar-refractivity contribution in [2.24, 2.45) is 0 Å². The molecule has 1 saturated heterocycles. The highest BCUT2D eigenvalue weighted by Gasteiger charge is 2.30. The van der Waals surface area contributed by atoms with Crippen LogP contribution in [0, 0.1) is 0 Å². The van der Waals surface area contributed by atoms with E-state index in [1.54, 1.807) is 36.4 Å². The number of sulfonamides is 1. The van der Waals surface area contributed by atoms with Crippen molar-refractivity contribution in [3.05, 3.63) is 54.1 Å². The van der Waals surface area contributed by atoms with Crippen LogP contribution in [0.15, 0.2) is 53.4 Å². The summed E-state index contributed by atoms with van der Waals surface area (Å²) in [4.78, 5) is 23.9. The first-order valence-corrected chi connectivity index (χ1v) is 10.2. The van der Waals surface area contributed by atoms with Crippen molar-refractivity contribution in [1.29, 1.82) is 0 Å². The van der Waals surface area contributed by atoms with E-state index in [4.69, 9.17) is 4.74 Å². The van der Waals surface area contributed by atoms with E-state index in [2.05, 4.69) is 10.6 Å². The van der Waals surface area contributed by atoms with Gasteiger partial charge in [0.15, 0.2) is 0 Å². The SMILES string of the molecule is CC(=O)Nc1cccc(NC(=O)c2ccccc2S(=O)(=O)N2CCOCC2)c1. The molecular weight excluding hydrogens is 382 g/mol. The third-order valence-electron chi connectivity index (χ3n) is 4.16. The molecule has 148 valence electrons. The van der Waals surface area contributed by atoms with Crippen molar-refractivity contribution >= 4 is 33.2 Å². The maximum atomic E-state index is 13.0. The van der Waals surface area contributed by atoms with E-state index in [1.165, 1.54) is 23.4 Å². The van der Waals surface area contributed by atoms with E-state index in [1.807, 2.05) is 0 Å². The van der Waals surface area contributed by atoms with Crippen LogP contribution in [-0.2, 0) is 19.6 Å². The molecule has 8 nitrogen and oxygen atoms in total. The van der Waals surface area contributed by atoms with Gasteiger partial charge in [0.1, 0.15) is 0 Å². The van der Waals surface area contributed by atoms with E-state index in [0.717, 1.165) is 0 Å². The van der Waals surface area contributed by atoms with Crippen LogP contribution >= 0.6 is 0 Å². The molecule has 9 heteroatoms. The Bertz CT molecular complexity index is 985. The number of amides is 2. The minimum atomic E-state index is -3.82. The first-order valence-electron chi connectivity index (χ1n) is 8.74. The van der Waals surface area contributed by atoms with Crippen LogP contribution in [-0.4, -0.2) is 50.8 Å². The van der Waals surface area contributed by atoms with Gasteiger partial charge in [0.25, 0.3) is 5.91 Å². The van der Waals surface area contributed by atoms with E-state index in [9.17, 15) is 18.0 Å². The van der Waals surface area contributed by atoms with E-state index in [0.29, 0.717) is 24.6 Å². The number of anilines is 2. The van der Waals surface area contributed by atoms with Crippen molar-refractivity contribution in [3.63, 3.8) is 0 Å². The summed E-state index contributed by atoms with van der Waals surface area (Å²) in [5.41, 5.74) is 1.02. The number of ether oxygens (including phenoxy) is 1. The third kappa shape index (κ3) is 4.56.